The number of anilines is 1. The third kappa shape index (κ3) is 5.30. The second-order valence-electron chi connectivity index (χ2n) is 9.05. The van der Waals surface area contributed by atoms with Gasteiger partial charge >= 0.3 is 0 Å². The van der Waals surface area contributed by atoms with Gasteiger partial charge in [-0.1, -0.05) is 25.1 Å². The van der Waals surface area contributed by atoms with Crippen molar-refractivity contribution in [2.24, 2.45) is 5.92 Å². The fraction of sp³-hybridized carbons (Fsp3) is 0.500. The first-order valence-corrected chi connectivity index (χ1v) is 11.7. The molecule has 1 N–H and O–H groups in total. The molecule has 0 aromatic heterocycles. The molecule has 32 heavy (non-hydrogen) atoms. The van der Waals surface area contributed by atoms with E-state index in [-0.39, 0.29) is 11.7 Å². The molecule has 2 aliphatic heterocycles. The highest BCUT2D eigenvalue weighted by Gasteiger charge is 2.43. The maximum absolute atomic E-state index is 14.6. The number of nitrogens with zero attached hydrogens (tertiary/aromatic N) is 1. The molecule has 0 aliphatic carbocycles. The predicted octanol–water partition coefficient (Wildman–Crippen LogP) is 4.62. The van der Waals surface area contributed by atoms with Gasteiger partial charge in [0.2, 0.25) is 5.91 Å². The smallest absolute Gasteiger partial charge is 0.235 e. The van der Waals surface area contributed by atoms with Crippen LogP contribution < -0.4 is 10.1 Å². The van der Waals surface area contributed by atoms with E-state index >= 15 is 0 Å². The second kappa shape index (κ2) is 10.5. The Hall–Kier alpha value is -2.44. The number of hydrogen-bond acceptors (Lipinski definition) is 4. The van der Waals surface area contributed by atoms with Crippen molar-refractivity contribution in [3.8, 4) is 5.75 Å². The fourth-order valence-corrected chi connectivity index (χ4v) is 4.86. The van der Waals surface area contributed by atoms with E-state index in [2.05, 4.69) is 17.1 Å². The molecule has 172 valence electrons. The molecule has 4 rings (SSSR count). The Morgan fingerprint density at radius 1 is 1.19 bits per heavy atom. The summed E-state index contributed by atoms with van der Waals surface area (Å²) in [4.78, 5) is 15.8. The molecule has 1 atom stereocenters. The molecule has 0 spiro atoms. The van der Waals surface area contributed by atoms with Gasteiger partial charge in [0.1, 0.15) is 18.2 Å². The summed E-state index contributed by atoms with van der Waals surface area (Å²) in [7, 11) is 0. The SMILES string of the molecule is CC1CCCN(CCOc2ccc(NC(=O)C3(c4ccccc4F)CCOCC3)cc2)C1. The lowest BCUT2D eigenvalue weighted by molar-refractivity contribution is -0.125. The van der Waals surface area contributed by atoms with Crippen LogP contribution in [0.5, 0.6) is 5.75 Å². The van der Waals surface area contributed by atoms with Crippen LogP contribution in [0.15, 0.2) is 48.5 Å². The zero-order chi connectivity index (χ0) is 22.4. The van der Waals surface area contributed by atoms with E-state index in [1.54, 1.807) is 18.2 Å². The summed E-state index contributed by atoms with van der Waals surface area (Å²) in [6.45, 7) is 7.03. The van der Waals surface area contributed by atoms with Gasteiger partial charge in [-0.25, -0.2) is 4.39 Å². The summed E-state index contributed by atoms with van der Waals surface area (Å²) in [6.07, 6.45) is 3.48. The number of benzene rings is 2. The van der Waals surface area contributed by atoms with Gasteiger partial charge in [-0.15, -0.1) is 0 Å². The van der Waals surface area contributed by atoms with Gasteiger partial charge in [-0.2, -0.15) is 0 Å². The number of ether oxygens (including phenoxy) is 2. The number of nitrogens with one attached hydrogen (secondary N) is 1. The Morgan fingerprint density at radius 3 is 2.66 bits per heavy atom. The molecule has 2 aliphatic rings. The third-order valence-corrected chi connectivity index (χ3v) is 6.70. The fourth-order valence-electron chi connectivity index (χ4n) is 4.86. The first-order valence-electron chi connectivity index (χ1n) is 11.7. The molecule has 0 radical (unpaired) electrons. The van der Waals surface area contributed by atoms with E-state index in [1.807, 2.05) is 24.3 Å². The summed E-state index contributed by atoms with van der Waals surface area (Å²) in [6, 6.07) is 14.0. The highest BCUT2D eigenvalue weighted by molar-refractivity contribution is 5.99. The monoisotopic (exact) mass is 440 g/mol. The van der Waals surface area contributed by atoms with Crippen LogP contribution in [-0.4, -0.2) is 50.3 Å². The highest BCUT2D eigenvalue weighted by Crippen LogP contribution is 2.37. The van der Waals surface area contributed by atoms with Crippen LogP contribution in [0, 0.1) is 11.7 Å². The average molecular weight is 441 g/mol. The van der Waals surface area contributed by atoms with Crippen LogP contribution in [0.1, 0.15) is 38.2 Å². The van der Waals surface area contributed by atoms with Crippen molar-refractivity contribution < 1.29 is 18.7 Å². The predicted molar refractivity (Wildman–Crippen MR) is 124 cm³/mol. The molecule has 2 fully saturated rings. The van der Waals surface area contributed by atoms with E-state index in [0.29, 0.717) is 43.9 Å². The number of halogens is 1. The van der Waals surface area contributed by atoms with E-state index < -0.39 is 5.41 Å². The quantitative estimate of drug-likeness (QED) is 0.682. The van der Waals surface area contributed by atoms with Gasteiger partial charge < -0.3 is 14.8 Å². The maximum atomic E-state index is 14.6. The third-order valence-electron chi connectivity index (χ3n) is 6.70. The number of hydrogen-bond donors (Lipinski definition) is 1. The lowest BCUT2D eigenvalue weighted by Gasteiger charge is -2.36. The minimum atomic E-state index is -0.926. The standard InChI is InChI=1S/C26H33FN2O3/c1-20-5-4-14-29(19-20)15-18-32-22-10-8-21(9-11-22)28-25(30)26(12-16-31-17-13-26)23-6-2-3-7-24(23)27/h2-3,6-11,20H,4-5,12-19H2,1H3,(H,28,30). The molecule has 2 aromatic rings. The Kier molecular flexibility index (Phi) is 7.43. The second-order valence-corrected chi connectivity index (χ2v) is 9.05. The lowest BCUT2D eigenvalue weighted by Crippen LogP contribution is -2.45. The Bertz CT molecular complexity index is 896. The average Bonchev–Trinajstić information content (AvgIpc) is 2.81. The van der Waals surface area contributed by atoms with Crippen LogP contribution in [0.3, 0.4) is 0 Å². The summed E-state index contributed by atoms with van der Waals surface area (Å²) in [5.41, 5.74) is 0.187. The molecule has 1 unspecified atom stereocenters. The van der Waals surface area contributed by atoms with Gasteiger partial charge in [0.15, 0.2) is 0 Å². The highest BCUT2D eigenvalue weighted by atomic mass is 19.1. The van der Waals surface area contributed by atoms with Gasteiger partial charge in [0.25, 0.3) is 0 Å². The number of likely N-dealkylation sites (tertiary alicyclic amines) is 1. The first-order chi connectivity index (χ1) is 15.6. The largest absolute Gasteiger partial charge is 0.492 e. The molecule has 0 bridgehead atoms. The van der Waals surface area contributed by atoms with Crippen LogP contribution in [0.4, 0.5) is 10.1 Å². The topological polar surface area (TPSA) is 50.8 Å². The molecular formula is C26H33FN2O3. The number of piperidine rings is 1. The van der Waals surface area contributed by atoms with Gasteiger partial charge in [-0.05, 0) is 68.5 Å². The number of carbonyl (C=O) groups excluding carboxylic acids is 1. The zero-order valence-corrected chi connectivity index (χ0v) is 18.8. The van der Waals surface area contributed by atoms with Crippen molar-refractivity contribution in [1.29, 1.82) is 0 Å². The molecular weight excluding hydrogens is 407 g/mol. The van der Waals surface area contributed by atoms with Gasteiger partial charge in [0, 0.05) is 37.6 Å². The first kappa shape index (κ1) is 22.7. The van der Waals surface area contributed by atoms with Crippen molar-refractivity contribution in [2.45, 2.75) is 38.0 Å². The van der Waals surface area contributed by atoms with Crippen LogP contribution in [0.2, 0.25) is 0 Å². The summed E-state index contributed by atoms with van der Waals surface area (Å²) < 4.78 is 26.0. The molecule has 1 amide bonds. The molecule has 0 saturated carbocycles. The Labute approximate surface area is 189 Å². The van der Waals surface area contributed by atoms with Crippen LogP contribution in [-0.2, 0) is 14.9 Å². The minimum Gasteiger partial charge on any atom is -0.492 e. The maximum Gasteiger partial charge on any atom is 0.235 e. The summed E-state index contributed by atoms with van der Waals surface area (Å²) >= 11 is 0. The van der Waals surface area contributed by atoms with E-state index in [9.17, 15) is 9.18 Å². The molecule has 2 heterocycles. The summed E-state index contributed by atoms with van der Waals surface area (Å²) in [5, 5.41) is 2.99. The number of carbonyl (C=O) groups is 1. The zero-order valence-electron chi connectivity index (χ0n) is 18.8. The van der Waals surface area contributed by atoms with Gasteiger partial charge in [-0.3, -0.25) is 9.69 Å². The Morgan fingerprint density at radius 2 is 1.94 bits per heavy atom. The van der Waals surface area contributed by atoms with Crippen molar-refractivity contribution in [2.75, 3.05) is 44.8 Å². The van der Waals surface area contributed by atoms with E-state index in [4.69, 9.17) is 9.47 Å². The van der Waals surface area contributed by atoms with Crippen molar-refractivity contribution in [3.63, 3.8) is 0 Å². The lowest BCUT2D eigenvalue weighted by atomic mass is 9.73. The van der Waals surface area contributed by atoms with Crippen LogP contribution >= 0.6 is 0 Å². The minimum absolute atomic E-state index is 0.196. The molecule has 6 heteroatoms. The number of amides is 1. The Balaban J connectivity index is 1.36. The van der Waals surface area contributed by atoms with E-state index in [1.165, 1.54) is 18.9 Å². The molecule has 2 saturated heterocycles. The summed E-state index contributed by atoms with van der Waals surface area (Å²) in [5.74, 6) is 0.994. The molecule has 2 aromatic carbocycles. The normalized spacial score (nSPS) is 21.1. The molecule has 5 nitrogen and oxygen atoms in total. The van der Waals surface area contributed by atoms with Gasteiger partial charge in [0.05, 0.1) is 5.41 Å². The van der Waals surface area contributed by atoms with E-state index in [0.717, 1.165) is 31.3 Å². The number of rotatable bonds is 7. The van der Waals surface area contributed by atoms with Crippen molar-refractivity contribution in [3.05, 3.63) is 59.9 Å². The van der Waals surface area contributed by atoms with Crippen LogP contribution in [0.25, 0.3) is 0 Å². The van der Waals surface area contributed by atoms with Crippen molar-refractivity contribution >= 4 is 11.6 Å². The van der Waals surface area contributed by atoms with Crippen molar-refractivity contribution in [1.82, 2.24) is 4.90 Å².